The Morgan fingerprint density at radius 2 is 0.765 bits per heavy atom. The third kappa shape index (κ3) is 11.6. The van der Waals surface area contributed by atoms with Gasteiger partial charge in [-0.2, -0.15) is 0 Å². The summed E-state index contributed by atoms with van der Waals surface area (Å²) >= 11 is 0. The van der Waals surface area contributed by atoms with Crippen molar-refractivity contribution in [3.05, 3.63) is 60.8 Å². The van der Waals surface area contributed by atoms with Crippen LogP contribution in [0.2, 0.25) is 0 Å². The smallest absolute Gasteiger partial charge is 0 e. The van der Waals surface area contributed by atoms with Crippen molar-refractivity contribution in [2.24, 2.45) is 0 Å². The standard InChI is InChI=1S/C8H12.C8H10.Ru/c2*1-2-4-6-8-7-5-3-1;/h1-4H,5-8H2;1-6H,7-8H2;/b3-1-,4-2-;2-1-,5-3-,6-4-;. The van der Waals surface area contributed by atoms with Crippen LogP contribution in [-0.2, 0) is 19.5 Å². The van der Waals surface area contributed by atoms with E-state index in [9.17, 15) is 0 Å². The second-order valence-electron chi connectivity index (χ2n) is 3.96. The molecule has 0 aromatic rings. The van der Waals surface area contributed by atoms with E-state index in [1.165, 1.54) is 38.5 Å². The second-order valence-corrected chi connectivity index (χ2v) is 3.96. The van der Waals surface area contributed by atoms with Crippen molar-refractivity contribution in [2.45, 2.75) is 38.5 Å². The molecule has 2 aliphatic carbocycles. The second kappa shape index (κ2) is 13.4. The molecule has 1 heteroatoms. The SMILES string of the molecule is C1=C\C=C/CC\C=C/1.C1=C\CCCC\C=C/1.[Ru]. The van der Waals surface area contributed by atoms with Crippen LogP contribution >= 0.6 is 0 Å². The fourth-order valence-electron chi connectivity index (χ4n) is 1.54. The summed E-state index contributed by atoms with van der Waals surface area (Å²) in [5.74, 6) is 0. The molecule has 0 saturated carbocycles. The minimum atomic E-state index is 0. The zero-order valence-corrected chi connectivity index (χ0v) is 12.1. The normalized spacial score (nSPS) is 27.3. The first-order valence-corrected chi connectivity index (χ1v) is 6.30. The molecule has 0 radical (unpaired) electrons. The molecular formula is C16H22Ru. The molecule has 0 spiro atoms. The minimum absolute atomic E-state index is 0. The fourth-order valence-corrected chi connectivity index (χ4v) is 1.54. The molecule has 2 aliphatic rings. The molecule has 0 N–H and O–H groups in total. The molecular weight excluding hydrogens is 293 g/mol. The Bertz CT molecular complexity index is 263. The molecule has 2 rings (SSSR count). The van der Waals surface area contributed by atoms with Crippen LogP contribution in [0.1, 0.15) is 38.5 Å². The molecule has 0 heterocycles. The Balaban J connectivity index is 0.000000284. The van der Waals surface area contributed by atoms with Crippen molar-refractivity contribution >= 4 is 0 Å². The van der Waals surface area contributed by atoms with Gasteiger partial charge >= 0.3 is 0 Å². The average molecular weight is 315 g/mol. The maximum Gasteiger partial charge on any atom is 0 e. The van der Waals surface area contributed by atoms with Crippen LogP contribution in [0.4, 0.5) is 0 Å². The summed E-state index contributed by atoms with van der Waals surface area (Å²) < 4.78 is 0. The van der Waals surface area contributed by atoms with E-state index in [0.717, 1.165) is 0 Å². The summed E-state index contributed by atoms with van der Waals surface area (Å²) in [6.07, 6.45) is 29.0. The maximum atomic E-state index is 2.23. The molecule has 0 amide bonds. The third-order valence-corrected chi connectivity index (χ3v) is 2.48. The van der Waals surface area contributed by atoms with E-state index in [0.29, 0.717) is 0 Å². The van der Waals surface area contributed by atoms with Gasteiger partial charge in [0.25, 0.3) is 0 Å². The minimum Gasteiger partial charge on any atom is -0.0845 e. The predicted molar refractivity (Wildman–Crippen MR) is 73.4 cm³/mol. The Kier molecular flexibility index (Phi) is 12.9. The Morgan fingerprint density at radius 3 is 1.24 bits per heavy atom. The average Bonchev–Trinajstić information content (AvgIpc) is 2.15. The first kappa shape index (κ1) is 16.3. The summed E-state index contributed by atoms with van der Waals surface area (Å²) in [6.45, 7) is 0. The molecule has 0 unspecified atom stereocenters. The van der Waals surface area contributed by atoms with Gasteiger partial charge in [-0.1, -0.05) is 60.8 Å². The van der Waals surface area contributed by atoms with Crippen molar-refractivity contribution < 1.29 is 19.5 Å². The zero-order chi connectivity index (χ0) is 11.3. The van der Waals surface area contributed by atoms with E-state index in [2.05, 4.69) is 60.8 Å². The molecule has 0 aliphatic heterocycles. The van der Waals surface area contributed by atoms with Gasteiger partial charge in [-0.05, 0) is 38.5 Å². The Labute approximate surface area is 119 Å². The molecule has 94 valence electrons. The van der Waals surface area contributed by atoms with Crippen LogP contribution in [0.5, 0.6) is 0 Å². The summed E-state index contributed by atoms with van der Waals surface area (Å²) in [5.41, 5.74) is 0. The largest absolute Gasteiger partial charge is 0.0845 e. The van der Waals surface area contributed by atoms with E-state index in [1.807, 2.05) is 0 Å². The maximum absolute atomic E-state index is 2.23. The van der Waals surface area contributed by atoms with Crippen LogP contribution in [0.25, 0.3) is 0 Å². The van der Waals surface area contributed by atoms with E-state index >= 15 is 0 Å². The molecule has 0 fully saturated rings. The summed E-state index contributed by atoms with van der Waals surface area (Å²) in [6, 6.07) is 0. The van der Waals surface area contributed by atoms with Gasteiger partial charge < -0.3 is 0 Å². The summed E-state index contributed by atoms with van der Waals surface area (Å²) in [4.78, 5) is 0. The molecule has 0 nitrogen and oxygen atoms in total. The van der Waals surface area contributed by atoms with Crippen molar-refractivity contribution in [1.29, 1.82) is 0 Å². The Hall–Kier alpha value is -0.677. The van der Waals surface area contributed by atoms with Crippen LogP contribution < -0.4 is 0 Å². The van der Waals surface area contributed by atoms with Crippen LogP contribution in [0.3, 0.4) is 0 Å². The monoisotopic (exact) mass is 316 g/mol. The molecule has 0 aromatic heterocycles. The first-order valence-electron chi connectivity index (χ1n) is 6.30. The number of rotatable bonds is 0. The fraction of sp³-hybridized carbons (Fsp3) is 0.375. The van der Waals surface area contributed by atoms with Gasteiger partial charge in [0.2, 0.25) is 0 Å². The topological polar surface area (TPSA) is 0 Å². The van der Waals surface area contributed by atoms with Gasteiger partial charge in [-0.15, -0.1) is 0 Å². The van der Waals surface area contributed by atoms with Crippen molar-refractivity contribution in [3.8, 4) is 0 Å². The number of hydrogen-bond donors (Lipinski definition) is 0. The van der Waals surface area contributed by atoms with Gasteiger partial charge in [-0.25, -0.2) is 0 Å². The van der Waals surface area contributed by atoms with Crippen molar-refractivity contribution in [3.63, 3.8) is 0 Å². The Morgan fingerprint density at radius 1 is 0.412 bits per heavy atom. The van der Waals surface area contributed by atoms with E-state index < -0.39 is 0 Å². The number of hydrogen-bond acceptors (Lipinski definition) is 0. The van der Waals surface area contributed by atoms with E-state index in [-0.39, 0.29) is 19.5 Å². The van der Waals surface area contributed by atoms with Gasteiger partial charge in [0, 0.05) is 19.5 Å². The van der Waals surface area contributed by atoms with Crippen molar-refractivity contribution in [2.75, 3.05) is 0 Å². The first-order chi connectivity index (χ1) is 8.00. The molecule has 17 heavy (non-hydrogen) atoms. The summed E-state index contributed by atoms with van der Waals surface area (Å²) in [7, 11) is 0. The van der Waals surface area contributed by atoms with Crippen molar-refractivity contribution in [1.82, 2.24) is 0 Å². The van der Waals surface area contributed by atoms with Gasteiger partial charge in [0.15, 0.2) is 0 Å². The third-order valence-electron chi connectivity index (χ3n) is 2.48. The molecule has 0 saturated heterocycles. The number of allylic oxidation sites excluding steroid dienone is 10. The van der Waals surface area contributed by atoms with E-state index in [4.69, 9.17) is 0 Å². The quantitative estimate of drug-likeness (QED) is 0.544. The molecule has 0 bridgehead atoms. The van der Waals surface area contributed by atoms with Crippen LogP contribution in [0, 0.1) is 0 Å². The van der Waals surface area contributed by atoms with Gasteiger partial charge in [-0.3, -0.25) is 0 Å². The van der Waals surface area contributed by atoms with Gasteiger partial charge in [0.1, 0.15) is 0 Å². The zero-order valence-electron chi connectivity index (χ0n) is 10.4. The van der Waals surface area contributed by atoms with Crippen LogP contribution in [0.15, 0.2) is 60.8 Å². The van der Waals surface area contributed by atoms with Crippen LogP contribution in [-0.4, -0.2) is 0 Å². The summed E-state index contributed by atoms with van der Waals surface area (Å²) in [5, 5.41) is 0. The van der Waals surface area contributed by atoms with E-state index in [1.54, 1.807) is 0 Å². The van der Waals surface area contributed by atoms with Gasteiger partial charge in [0.05, 0.1) is 0 Å². The molecule has 0 atom stereocenters. The molecule has 0 aromatic carbocycles. The predicted octanol–water partition coefficient (Wildman–Crippen LogP) is 5.12.